The number of carbonyl (C=O) groups excluding carboxylic acids is 1. The predicted molar refractivity (Wildman–Crippen MR) is 98.5 cm³/mol. The van der Waals surface area contributed by atoms with Crippen LogP contribution < -0.4 is 0 Å². The first-order valence-corrected chi connectivity index (χ1v) is 10.5. The molecule has 146 valence electrons. The molecule has 1 aliphatic rings. The van der Waals surface area contributed by atoms with E-state index in [0.717, 1.165) is 19.3 Å². The molecule has 0 unspecified atom stereocenters. The summed E-state index contributed by atoms with van der Waals surface area (Å²) in [5.41, 5.74) is 0.311. The van der Waals surface area contributed by atoms with E-state index in [2.05, 4.69) is 10.1 Å². The van der Waals surface area contributed by atoms with E-state index in [-0.39, 0.29) is 17.3 Å². The molecule has 8 nitrogen and oxygen atoms in total. The molecule has 1 aromatic carbocycles. The van der Waals surface area contributed by atoms with Crippen LogP contribution in [-0.4, -0.2) is 53.8 Å². The number of rotatable bonds is 6. The van der Waals surface area contributed by atoms with Crippen molar-refractivity contribution in [3.63, 3.8) is 0 Å². The molecule has 0 N–H and O–H groups in total. The highest BCUT2D eigenvalue weighted by Crippen LogP contribution is 2.22. The summed E-state index contributed by atoms with van der Waals surface area (Å²) in [5.74, 6) is 0.627. The SMILES string of the molecule is CCc1noc(CN(C)C(=O)c2cccc(S(=O)(=O)N3CCCCC3)c2)n1. The monoisotopic (exact) mass is 392 g/mol. The molecule has 2 heterocycles. The summed E-state index contributed by atoms with van der Waals surface area (Å²) in [5, 5.41) is 3.81. The molecule has 1 saturated heterocycles. The van der Waals surface area contributed by atoms with E-state index < -0.39 is 10.0 Å². The maximum Gasteiger partial charge on any atom is 0.254 e. The van der Waals surface area contributed by atoms with E-state index in [1.807, 2.05) is 6.92 Å². The molecule has 0 aliphatic carbocycles. The number of carbonyl (C=O) groups is 1. The number of benzene rings is 1. The Hall–Kier alpha value is -2.26. The number of aromatic nitrogens is 2. The van der Waals surface area contributed by atoms with Crippen molar-refractivity contribution in [1.82, 2.24) is 19.3 Å². The average molecular weight is 392 g/mol. The molecule has 3 rings (SSSR count). The van der Waals surface area contributed by atoms with E-state index in [4.69, 9.17) is 4.52 Å². The van der Waals surface area contributed by atoms with Gasteiger partial charge in [-0.1, -0.05) is 24.6 Å². The van der Waals surface area contributed by atoms with E-state index >= 15 is 0 Å². The Labute approximate surface area is 159 Å². The second-order valence-corrected chi connectivity index (χ2v) is 8.55. The molecule has 27 heavy (non-hydrogen) atoms. The topological polar surface area (TPSA) is 96.6 Å². The van der Waals surface area contributed by atoms with Gasteiger partial charge in [-0.2, -0.15) is 9.29 Å². The van der Waals surface area contributed by atoms with Crippen molar-refractivity contribution in [3.8, 4) is 0 Å². The molecule has 1 amide bonds. The Balaban J connectivity index is 1.76. The second-order valence-electron chi connectivity index (χ2n) is 6.61. The fraction of sp³-hybridized carbons (Fsp3) is 0.500. The highest BCUT2D eigenvalue weighted by atomic mass is 32.2. The first-order valence-electron chi connectivity index (χ1n) is 9.09. The molecule has 0 bridgehead atoms. The Bertz CT molecular complexity index is 904. The Morgan fingerprint density at radius 2 is 2.00 bits per heavy atom. The molecule has 0 atom stereocenters. The lowest BCUT2D eigenvalue weighted by Gasteiger charge is -2.26. The van der Waals surface area contributed by atoms with Gasteiger partial charge in [-0.25, -0.2) is 8.42 Å². The minimum Gasteiger partial charge on any atom is -0.337 e. The summed E-state index contributed by atoms with van der Waals surface area (Å²) in [6, 6.07) is 6.18. The maximum absolute atomic E-state index is 12.8. The third-order valence-electron chi connectivity index (χ3n) is 4.58. The number of nitrogens with zero attached hydrogens (tertiary/aromatic N) is 4. The van der Waals surface area contributed by atoms with Crippen molar-refractivity contribution in [2.24, 2.45) is 0 Å². The number of aryl methyl sites for hydroxylation is 1. The molecule has 0 spiro atoms. The summed E-state index contributed by atoms with van der Waals surface area (Å²) >= 11 is 0. The van der Waals surface area contributed by atoms with E-state index in [9.17, 15) is 13.2 Å². The third-order valence-corrected chi connectivity index (χ3v) is 6.47. The largest absolute Gasteiger partial charge is 0.337 e. The van der Waals surface area contributed by atoms with Crippen LogP contribution in [0.25, 0.3) is 0 Å². The van der Waals surface area contributed by atoms with Crippen LogP contribution in [0, 0.1) is 0 Å². The van der Waals surface area contributed by atoms with Gasteiger partial charge in [0.25, 0.3) is 5.91 Å². The highest BCUT2D eigenvalue weighted by Gasteiger charge is 2.27. The zero-order valence-electron chi connectivity index (χ0n) is 15.6. The molecule has 0 saturated carbocycles. The fourth-order valence-electron chi connectivity index (χ4n) is 3.04. The van der Waals surface area contributed by atoms with Gasteiger partial charge < -0.3 is 9.42 Å². The van der Waals surface area contributed by atoms with Crippen LogP contribution in [0.3, 0.4) is 0 Å². The van der Waals surface area contributed by atoms with Crippen LogP contribution in [-0.2, 0) is 23.0 Å². The lowest BCUT2D eigenvalue weighted by atomic mass is 10.2. The van der Waals surface area contributed by atoms with E-state index in [0.29, 0.717) is 36.8 Å². The molecular weight excluding hydrogens is 368 g/mol. The van der Waals surface area contributed by atoms with E-state index in [1.54, 1.807) is 19.2 Å². The van der Waals surface area contributed by atoms with Gasteiger partial charge in [-0.15, -0.1) is 0 Å². The molecule has 2 aromatic rings. The highest BCUT2D eigenvalue weighted by molar-refractivity contribution is 7.89. The Morgan fingerprint density at radius 1 is 1.26 bits per heavy atom. The van der Waals surface area contributed by atoms with Gasteiger partial charge in [0.1, 0.15) is 0 Å². The molecule has 9 heteroatoms. The standard InChI is InChI=1S/C18H24N4O4S/c1-3-16-19-17(26-20-16)13-21(2)18(23)14-8-7-9-15(12-14)27(24,25)22-10-5-4-6-11-22/h7-9,12H,3-6,10-11,13H2,1-2H3. The number of hydrogen-bond acceptors (Lipinski definition) is 6. The van der Waals surface area contributed by atoms with Crippen molar-refractivity contribution in [3.05, 3.63) is 41.5 Å². The van der Waals surface area contributed by atoms with Crippen molar-refractivity contribution in [2.75, 3.05) is 20.1 Å². The van der Waals surface area contributed by atoms with Gasteiger partial charge in [0, 0.05) is 32.1 Å². The van der Waals surface area contributed by atoms with Gasteiger partial charge >= 0.3 is 0 Å². The number of hydrogen-bond donors (Lipinski definition) is 0. The van der Waals surface area contributed by atoms with Crippen molar-refractivity contribution < 1.29 is 17.7 Å². The smallest absolute Gasteiger partial charge is 0.254 e. The van der Waals surface area contributed by atoms with Crippen molar-refractivity contribution in [2.45, 2.75) is 44.0 Å². The Morgan fingerprint density at radius 3 is 2.67 bits per heavy atom. The zero-order valence-corrected chi connectivity index (χ0v) is 16.4. The van der Waals surface area contributed by atoms with Gasteiger partial charge in [-0.3, -0.25) is 4.79 Å². The zero-order chi connectivity index (χ0) is 19.4. The van der Waals surface area contributed by atoms with Crippen LogP contribution in [0.4, 0.5) is 0 Å². The average Bonchev–Trinajstić information content (AvgIpc) is 3.15. The van der Waals surface area contributed by atoms with Crippen molar-refractivity contribution >= 4 is 15.9 Å². The second kappa shape index (κ2) is 8.18. The summed E-state index contributed by atoms with van der Waals surface area (Å²) in [7, 11) is -1.97. The first-order chi connectivity index (χ1) is 12.9. The van der Waals surface area contributed by atoms with Crippen LogP contribution in [0.2, 0.25) is 0 Å². The molecular formula is C18H24N4O4S. The normalized spacial score (nSPS) is 15.6. The van der Waals surface area contributed by atoms with Crippen molar-refractivity contribution in [1.29, 1.82) is 0 Å². The van der Waals surface area contributed by atoms with Crippen LogP contribution in [0.15, 0.2) is 33.7 Å². The molecule has 1 aromatic heterocycles. The summed E-state index contributed by atoms with van der Waals surface area (Å²) in [6.45, 7) is 3.13. The van der Waals surface area contributed by atoms with Gasteiger partial charge in [0.15, 0.2) is 5.82 Å². The van der Waals surface area contributed by atoms with Gasteiger partial charge in [-0.05, 0) is 31.0 Å². The lowest BCUT2D eigenvalue weighted by Crippen LogP contribution is -2.35. The van der Waals surface area contributed by atoms with Crippen LogP contribution in [0.5, 0.6) is 0 Å². The Kier molecular flexibility index (Phi) is 5.91. The quantitative estimate of drug-likeness (QED) is 0.747. The van der Waals surface area contributed by atoms with Crippen LogP contribution in [0.1, 0.15) is 48.3 Å². The maximum atomic E-state index is 12.8. The summed E-state index contributed by atoms with van der Waals surface area (Å²) in [4.78, 5) is 18.5. The van der Waals surface area contributed by atoms with Gasteiger partial charge in [0.2, 0.25) is 15.9 Å². The predicted octanol–water partition coefficient (Wildman–Crippen LogP) is 2.08. The minimum atomic E-state index is -3.58. The minimum absolute atomic E-state index is 0.148. The molecule has 1 aliphatic heterocycles. The number of sulfonamides is 1. The summed E-state index contributed by atoms with van der Waals surface area (Å²) < 4.78 is 32.3. The molecule has 0 radical (unpaired) electrons. The lowest BCUT2D eigenvalue weighted by molar-refractivity contribution is 0.0769. The van der Waals surface area contributed by atoms with E-state index in [1.165, 1.54) is 21.3 Å². The molecule has 1 fully saturated rings. The number of piperidine rings is 1. The third kappa shape index (κ3) is 4.36. The van der Waals surface area contributed by atoms with Crippen LogP contribution >= 0.6 is 0 Å². The fourth-order valence-corrected chi connectivity index (χ4v) is 4.60. The van der Waals surface area contributed by atoms with Gasteiger partial charge in [0.05, 0.1) is 11.4 Å². The first kappa shape index (κ1) is 19.5. The summed E-state index contributed by atoms with van der Waals surface area (Å²) in [6.07, 6.45) is 3.43. The number of amides is 1.